The summed E-state index contributed by atoms with van der Waals surface area (Å²) in [5, 5.41) is 19.4. The highest BCUT2D eigenvalue weighted by Gasteiger charge is 2.51. The topological polar surface area (TPSA) is 152 Å². The Bertz CT molecular complexity index is 1770. The van der Waals surface area contributed by atoms with Crippen molar-refractivity contribution < 1.29 is 48.6 Å². The Balaban J connectivity index is 2.36. The van der Waals surface area contributed by atoms with E-state index in [1.165, 1.54) is 6.92 Å². The molecule has 0 aromatic heterocycles. The lowest BCUT2D eigenvalue weighted by atomic mass is 9.85. The molecule has 10 nitrogen and oxygen atoms in total. The highest BCUT2D eigenvalue weighted by atomic mass is 32.2. The molecule has 42 heavy (non-hydrogen) atoms. The molecule has 4 atom stereocenters. The molecule has 0 saturated carbocycles. The van der Waals surface area contributed by atoms with Gasteiger partial charge in [0.2, 0.25) is 10.0 Å². The van der Waals surface area contributed by atoms with Crippen molar-refractivity contribution in [3.63, 3.8) is 0 Å². The van der Waals surface area contributed by atoms with Gasteiger partial charge in [0.15, 0.2) is 0 Å². The summed E-state index contributed by atoms with van der Waals surface area (Å²) >= 11 is 0. The predicted octanol–water partition coefficient (Wildman–Crippen LogP) is 4.59. The van der Waals surface area contributed by atoms with Crippen LogP contribution in [0.3, 0.4) is 0 Å². The van der Waals surface area contributed by atoms with Gasteiger partial charge in [-0.25, -0.2) is 21.7 Å². The molecule has 2 aromatic carbocycles. The largest absolute Gasteiger partial charge is 0.474 e. The standard InChI is InChI=1S/C24H19F6N5O5S2/c1-13-18(12-32)20(17-8-7-14(11-31)9-19(17)41(2,38)33-21(36)24(28,29)30)35(42(3,39)40)22(37)34(13)16-6-4-5-15(10-16)23(25,26)27/h4-10,13,18,20H,1-3H3/t13?,18?,20-,41+/m1/s1. The summed E-state index contributed by atoms with van der Waals surface area (Å²) in [7, 11) is -9.11. The summed E-state index contributed by atoms with van der Waals surface area (Å²) in [6.07, 6.45) is -9.23. The van der Waals surface area contributed by atoms with Gasteiger partial charge in [-0.15, -0.1) is 4.36 Å². The minimum absolute atomic E-state index is 0.132. The van der Waals surface area contributed by atoms with Crippen molar-refractivity contribution in [2.45, 2.75) is 36.3 Å². The fraction of sp³-hybridized carbons (Fsp3) is 0.333. The van der Waals surface area contributed by atoms with E-state index in [9.17, 15) is 59.1 Å². The number of hydrogen-bond donors (Lipinski definition) is 0. The third kappa shape index (κ3) is 6.19. The van der Waals surface area contributed by atoms with Crippen molar-refractivity contribution in [2.24, 2.45) is 10.3 Å². The molecule has 1 aliphatic heterocycles. The van der Waals surface area contributed by atoms with Crippen LogP contribution in [0, 0.1) is 28.6 Å². The van der Waals surface area contributed by atoms with Gasteiger partial charge in [0.05, 0.1) is 62.1 Å². The van der Waals surface area contributed by atoms with Crippen LogP contribution in [0.1, 0.15) is 29.7 Å². The number of rotatable bonds is 4. The molecule has 0 N–H and O–H groups in total. The maximum absolute atomic E-state index is 13.7. The first kappa shape index (κ1) is 32.4. The summed E-state index contributed by atoms with van der Waals surface area (Å²) in [6, 6.07) is 4.82. The second-order valence-corrected chi connectivity index (χ2v) is 13.2. The second kappa shape index (κ2) is 10.9. The van der Waals surface area contributed by atoms with E-state index < -0.39 is 83.8 Å². The van der Waals surface area contributed by atoms with E-state index in [4.69, 9.17) is 0 Å². The van der Waals surface area contributed by atoms with Gasteiger partial charge in [-0.2, -0.15) is 36.9 Å². The first-order valence-electron chi connectivity index (χ1n) is 11.4. The van der Waals surface area contributed by atoms with Crippen LogP contribution in [-0.4, -0.2) is 53.6 Å². The molecule has 3 amide bonds. The summed E-state index contributed by atoms with van der Waals surface area (Å²) in [6.45, 7) is 1.22. The molecule has 2 unspecified atom stereocenters. The fourth-order valence-corrected chi connectivity index (χ4v) is 6.95. The molecular formula is C24H19F6N5O5S2. The van der Waals surface area contributed by atoms with Crippen molar-refractivity contribution in [3.05, 3.63) is 59.2 Å². The normalized spacial score (nSPS) is 21.2. The van der Waals surface area contributed by atoms with Crippen LogP contribution in [0.25, 0.3) is 0 Å². The number of hydrogen-bond acceptors (Lipinski definition) is 7. The summed E-state index contributed by atoms with van der Waals surface area (Å²) in [5.41, 5.74) is -2.38. The summed E-state index contributed by atoms with van der Waals surface area (Å²) in [4.78, 5) is 25.2. The van der Waals surface area contributed by atoms with Crippen molar-refractivity contribution in [1.29, 1.82) is 10.5 Å². The Kier molecular flexibility index (Phi) is 8.41. The Morgan fingerprint density at radius 3 is 2.12 bits per heavy atom. The molecule has 18 heteroatoms. The lowest BCUT2D eigenvalue weighted by Gasteiger charge is -2.47. The van der Waals surface area contributed by atoms with Gasteiger partial charge in [0, 0.05) is 11.9 Å². The molecule has 0 radical (unpaired) electrons. The fourth-order valence-electron chi connectivity index (χ4n) is 4.43. The van der Waals surface area contributed by atoms with E-state index in [0.717, 1.165) is 30.3 Å². The first-order chi connectivity index (χ1) is 19.1. The Morgan fingerprint density at radius 1 is 1.00 bits per heavy atom. The number of amides is 3. The van der Waals surface area contributed by atoms with Crippen LogP contribution in [0.15, 0.2) is 51.7 Å². The van der Waals surface area contributed by atoms with E-state index in [1.54, 1.807) is 12.1 Å². The third-order valence-electron chi connectivity index (χ3n) is 6.24. The van der Waals surface area contributed by atoms with Gasteiger partial charge in [0.25, 0.3) is 0 Å². The van der Waals surface area contributed by atoms with Crippen LogP contribution < -0.4 is 4.90 Å². The molecule has 0 bridgehead atoms. The molecule has 2 aromatic rings. The van der Waals surface area contributed by atoms with E-state index in [1.807, 2.05) is 0 Å². The quantitative estimate of drug-likeness (QED) is 0.446. The molecule has 0 spiro atoms. The zero-order chi connectivity index (χ0) is 32.0. The van der Waals surface area contributed by atoms with Gasteiger partial charge >= 0.3 is 24.3 Å². The molecule has 224 valence electrons. The average Bonchev–Trinajstić information content (AvgIpc) is 2.86. The number of carbonyl (C=O) groups is 2. The zero-order valence-corrected chi connectivity index (χ0v) is 23.3. The monoisotopic (exact) mass is 635 g/mol. The van der Waals surface area contributed by atoms with E-state index >= 15 is 0 Å². The van der Waals surface area contributed by atoms with Crippen LogP contribution in [-0.2, 0) is 30.7 Å². The van der Waals surface area contributed by atoms with Crippen molar-refractivity contribution in [3.8, 4) is 12.1 Å². The van der Waals surface area contributed by atoms with Crippen molar-refractivity contribution in [1.82, 2.24) is 4.31 Å². The number of alkyl halides is 6. The van der Waals surface area contributed by atoms with E-state index in [2.05, 4.69) is 4.36 Å². The number of nitriles is 2. The molecule has 0 aliphatic carbocycles. The van der Waals surface area contributed by atoms with Crippen LogP contribution >= 0.6 is 0 Å². The Labute approximate surface area is 236 Å². The highest BCUT2D eigenvalue weighted by molar-refractivity contribution is 7.93. The number of urea groups is 1. The predicted molar refractivity (Wildman–Crippen MR) is 134 cm³/mol. The summed E-state index contributed by atoms with van der Waals surface area (Å²) in [5.74, 6) is -4.38. The number of benzene rings is 2. The van der Waals surface area contributed by atoms with Gasteiger partial charge in [-0.05, 0) is 42.8 Å². The molecule has 1 aliphatic rings. The SMILES string of the molecule is CC1C(C#N)[C@@H](c2ccc(C#N)cc2[S@](C)(=O)=NC(=O)C(F)(F)F)N(S(C)(=O)=O)C(=O)N1c1cccc(C(F)(F)F)c1. The first-order valence-corrected chi connectivity index (χ1v) is 15.2. The number of nitrogens with zero attached hydrogens (tertiary/aromatic N) is 5. The number of halogens is 6. The second-order valence-electron chi connectivity index (χ2n) is 9.16. The van der Waals surface area contributed by atoms with Crippen molar-refractivity contribution in [2.75, 3.05) is 17.4 Å². The van der Waals surface area contributed by atoms with Gasteiger partial charge in [-0.3, -0.25) is 9.69 Å². The number of carbonyl (C=O) groups excluding carboxylic acids is 2. The van der Waals surface area contributed by atoms with Gasteiger partial charge in [0.1, 0.15) is 0 Å². The lowest BCUT2D eigenvalue weighted by Crippen LogP contribution is -2.60. The maximum Gasteiger partial charge on any atom is 0.474 e. The van der Waals surface area contributed by atoms with Gasteiger partial charge < -0.3 is 0 Å². The third-order valence-corrected chi connectivity index (χ3v) is 9.02. The Morgan fingerprint density at radius 2 is 1.62 bits per heavy atom. The molecule has 1 fully saturated rings. The smallest absolute Gasteiger partial charge is 0.289 e. The van der Waals surface area contributed by atoms with Crippen LogP contribution in [0.2, 0.25) is 0 Å². The molecular weight excluding hydrogens is 616 g/mol. The van der Waals surface area contributed by atoms with E-state index in [0.29, 0.717) is 29.5 Å². The van der Waals surface area contributed by atoms with Gasteiger partial charge in [-0.1, -0.05) is 12.1 Å². The van der Waals surface area contributed by atoms with Crippen molar-refractivity contribution >= 4 is 37.4 Å². The minimum Gasteiger partial charge on any atom is -0.289 e. The summed E-state index contributed by atoms with van der Waals surface area (Å²) < 4.78 is 121. The minimum atomic E-state index is -5.54. The lowest BCUT2D eigenvalue weighted by molar-refractivity contribution is -0.169. The highest BCUT2D eigenvalue weighted by Crippen LogP contribution is 2.44. The number of sulfonamides is 1. The molecule has 3 rings (SSSR count). The molecule has 1 heterocycles. The average molecular weight is 636 g/mol. The van der Waals surface area contributed by atoms with Crippen LogP contribution in [0.5, 0.6) is 0 Å². The van der Waals surface area contributed by atoms with E-state index in [-0.39, 0.29) is 9.87 Å². The van der Waals surface area contributed by atoms with Crippen LogP contribution in [0.4, 0.5) is 36.8 Å². The number of anilines is 1. The maximum atomic E-state index is 13.7. The molecule has 1 saturated heterocycles. The Hall–Kier alpha value is -4.16. The zero-order valence-electron chi connectivity index (χ0n) is 21.6.